The van der Waals surface area contributed by atoms with Gasteiger partial charge >= 0.3 is 0 Å². The smallest absolute Gasteiger partial charge is 0.0302 e. The highest BCUT2D eigenvalue weighted by Crippen LogP contribution is 2.65. The van der Waals surface area contributed by atoms with Crippen molar-refractivity contribution in [1.82, 2.24) is 5.32 Å². The molecule has 0 aliphatic heterocycles. The number of aryl methyl sites for hydroxylation is 1. The summed E-state index contributed by atoms with van der Waals surface area (Å²) < 4.78 is 0. The van der Waals surface area contributed by atoms with Gasteiger partial charge in [0.15, 0.2) is 0 Å². The summed E-state index contributed by atoms with van der Waals surface area (Å²) in [7, 11) is 0. The quantitative estimate of drug-likeness (QED) is 0.854. The summed E-state index contributed by atoms with van der Waals surface area (Å²) in [6.07, 6.45) is 4.24. The van der Waals surface area contributed by atoms with Crippen molar-refractivity contribution in [3.63, 3.8) is 0 Å². The minimum Gasteiger partial charge on any atom is -0.309 e. The molecule has 2 bridgehead atoms. The van der Waals surface area contributed by atoms with Gasteiger partial charge < -0.3 is 5.32 Å². The highest BCUT2D eigenvalue weighted by Gasteiger charge is 2.60. The molecule has 0 amide bonds. The van der Waals surface area contributed by atoms with Crippen molar-refractivity contribution in [2.75, 3.05) is 0 Å². The molecule has 0 aromatic carbocycles. The molecule has 3 atom stereocenters. The molecule has 0 unspecified atom stereocenters. The molecule has 2 fully saturated rings. The van der Waals surface area contributed by atoms with Crippen LogP contribution in [0.3, 0.4) is 0 Å². The van der Waals surface area contributed by atoms with Gasteiger partial charge in [-0.2, -0.15) is 0 Å². The minimum atomic E-state index is 0.504. The van der Waals surface area contributed by atoms with Crippen molar-refractivity contribution in [2.45, 2.75) is 59.5 Å². The Labute approximate surface area is 115 Å². The largest absolute Gasteiger partial charge is 0.309 e. The Morgan fingerprint density at radius 2 is 2.11 bits per heavy atom. The Hall–Kier alpha value is -0.340. The maximum absolute atomic E-state index is 3.85. The molecule has 1 aromatic heterocycles. The Morgan fingerprint density at radius 1 is 1.33 bits per heavy atom. The van der Waals surface area contributed by atoms with E-state index < -0.39 is 0 Å². The predicted molar refractivity (Wildman–Crippen MR) is 78.9 cm³/mol. The fourth-order valence-corrected chi connectivity index (χ4v) is 5.16. The first-order valence-corrected chi connectivity index (χ1v) is 8.04. The molecular weight excluding hydrogens is 238 g/mol. The van der Waals surface area contributed by atoms with Crippen molar-refractivity contribution in [3.05, 3.63) is 21.9 Å². The van der Waals surface area contributed by atoms with E-state index in [4.69, 9.17) is 0 Å². The molecular formula is C16H25NS. The van der Waals surface area contributed by atoms with Crippen LogP contribution in [0, 0.1) is 23.7 Å². The minimum absolute atomic E-state index is 0.504. The zero-order chi connectivity index (χ0) is 13.0. The molecule has 0 radical (unpaired) electrons. The molecule has 0 saturated heterocycles. The first-order chi connectivity index (χ1) is 8.43. The lowest BCUT2D eigenvalue weighted by molar-refractivity contribution is 0.120. The zero-order valence-electron chi connectivity index (χ0n) is 12.0. The average Bonchev–Trinajstić information content (AvgIpc) is 2.87. The van der Waals surface area contributed by atoms with E-state index in [9.17, 15) is 0 Å². The molecule has 2 aliphatic rings. The van der Waals surface area contributed by atoms with Crippen LogP contribution < -0.4 is 5.32 Å². The summed E-state index contributed by atoms with van der Waals surface area (Å²) in [5.41, 5.74) is 1.03. The molecule has 1 N–H and O–H groups in total. The molecule has 100 valence electrons. The van der Waals surface area contributed by atoms with E-state index in [1.54, 1.807) is 0 Å². The van der Waals surface area contributed by atoms with Gasteiger partial charge in [-0.05, 0) is 55.1 Å². The summed E-state index contributed by atoms with van der Waals surface area (Å²) in [5, 5.41) is 3.85. The Balaban J connectivity index is 1.69. The van der Waals surface area contributed by atoms with Gasteiger partial charge in [0.05, 0.1) is 0 Å². The highest BCUT2D eigenvalue weighted by molar-refractivity contribution is 7.11. The number of nitrogens with one attached hydrogen (secondary N) is 1. The second kappa shape index (κ2) is 4.08. The van der Waals surface area contributed by atoms with Gasteiger partial charge in [0, 0.05) is 22.3 Å². The molecule has 18 heavy (non-hydrogen) atoms. The van der Waals surface area contributed by atoms with E-state index in [-0.39, 0.29) is 0 Å². The monoisotopic (exact) mass is 263 g/mol. The van der Waals surface area contributed by atoms with Crippen LogP contribution in [0.4, 0.5) is 0 Å². The van der Waals surface area contributed by atoms with Crippen molar-refractivity contribution in [2.24, 2.45) is 16.7 Å². The first kappa shape index (κ1) is 12.7. The summed E-state index contributed by atoms with van der Waals surface area (Å²) in [6.45, 7) is 10.7. The molecule has 3 rings (SSSR count). The Morgan fingerprint density at radius 3 is 2.61 bits per heavy atom. The van der Waals surface area contributed by atoms with Gasteiger partial charge in [-0.15, -0.1) is 11.3 Å². The van der Waals surface area contributed by atoms with Crippen LogP contribution in [0.1, 0.15) is 49.8 Å². The van der Waals surface area contributed by atoms with Crippen LogP contribution in [-0.4, -0.2) is 6.04 Å². The van der Waals surface area contributed by atoms with Crippen LogP contribution in [0.2, 0.25) is 0 Å². The zero-order valence-corrected chi connectivity index (χ0v) is 12.9. The average molecular weight is 263 g/mol. The SMILES string of the molecule is Cc1ccc(CN[C@@H]2C[C@H]3CC[C@@]2(C)C3(C)C)s1. The molecule has 1 aromatic rings. The van der Waals surface area contributed by atoms with Gasteiger partial charge in [0.2, 0.25) is 0 Å². The van der Waals surface area contributed by atoms with Crippen LogP contribution in [0.25, 0.3) is 0 Å². The fourth-order valence-electron chi connectivity index (χ4n) is 4.32. The van der Waals surface area contributed by atoms with Crippen LogP contribution in [-0.2, 0) is 6.54 Å². The fraction of sp³-hybridized carbons (Fsp3) is 0.750. The van der Waals surface area contributed by atoms with E-state index in [0.29, 0.717) is 16.9 Å². The van der Waals surface area contributed by atoms with E-state index in [2.05, 4.69) is 45.1 Å². The van der Waals surface area contributed by atoms with Crippen LogP contribution in [0.15, 0.2) is 12.1 Å². The highest BCUT2D eigenvalue weighted by atomic mass is 32.1. The third kappa shape index (κ3) is 1.69. The van der Waals surface area contributed by atoms with Crippen molar-refractivity contribution in [3.8, 4) is 0 Å². The topological polar surface area (TPSA) is 12.0 Å². The van der Waals surface area contributed by atoms with Crippen molar-refractivity contribution < 1.29 is 0 Å². The van der Waals surface area contributed by atoms with Crippen LogP contribution >= 0.6 is 11.3 Å². The lowest BCUT2D eigenvalue weighted by Gasteiger charge is -2.39. The third-order valence-electron chi connectivity index (χ3n) is 6.11. The number of fused-ring (bicyclic) bond motifs is 2. The van der Waals surface area contributed by atoms with E-state index in [0.717, 1.165) is 12.5 Å². The second-order valence-electron chi connectivity index (χ2n) is 7.06. The Bertz CT molecular complexity index is 448. The predicted octanol–water partition coefficient (Wildman–Crippen LogP) is 4.36. The Kier molecular flexibility index (Phi) is 2.87. The lowest BCUT2D eigenvalue weighted by atomic mass is 9.69. The number of hydrogen-bond acceptors (Lipinski definition) is 2. The summed E-state index contributed by atoms with van der Waals surface area (Å²) in [5.74, 6) is 0.935. The molecule has 2 saturated carbocycles. The maximum atomic E-state index is 3.85. The maximum Gasteiger partial charge on any atom is 0.0302 e. The summed E-state index contributed by atoms with van der Waals surface area (Å²) in [4.78, 5) is 2.91. The summed E-state index contributed by atoms with van der Waals surface area (Å²) in [6, 6.07) is 5.22. The standard InChI is InChI=1S/C16H25NS/c1-11-5-6-13(18-11)10-17-14-9-12-7-8-16(14,4)15(12,2)3/h5-6,12,14,17H,7-10H2,1-4H3/t12-,14-,16-/m1/s1. The van der Waals surface area contributed by atoms with Gasteiger partial charge in [-0.25, -0.2) is 0 Å². The summed E-state index contributed by atoms with van der Waals surface area (Å²) >= 11 is 1.93. The molecule has 2 heteroatoms. The molecule has 1 heterocycles. The number of thiophene rings is 1. The second-order valence-corrected chi connectivity index (χ2v) is 8.43. The van der Waals surface area contributed by atoms with Gasteiger partial charge in [0.25, 0.3) is 0 Å². The van der Waals surface area contributed by atoms with E-state index >= 15 is 0 Å². The van der Waals surface area contributed by atoms with Crippen molar-refractivity contribution in [1.29, 1.82) is 0 Å². The number of hydrogen-bond donors (Lipinski definition) is 1. The molecule has 2 aliphatic carbocycles. The van der Waals surface area contributed by atoms with Crippen LogP contribution in [0.5, 0.6) is 0 Å². The van der Waals surface area contributed by atoms with Crippen molar-refractivity contribution >= 4 is 11.3 Å². The van der Waals surface area contributed by atoms with Gasteiger partial charge in [-0.3, -0.25) is 0 Å². The van der Waals surface area contributed by atoms with Gasteiger partial charge in [-0.1, -0.05) is 20.8 Å². The third-order valence-corrected chi connectivity index (χ3v) is 7.11. The molecule has 0 spiro atoms. The molecule has 1 nitrogen and oxygen atoms in total. The first-order valence-electron chi connectivity index (χ1n) is 7.22. The van der Waals surface area contributed by atoms with E-state index in [1.165, 1.54) is 29.0 Å². The lowest BCUT2D eigenvalue weighted by Crippen LogP contribution is -2.44. The van der Waals surface area contributed by atoms with E-state index in [1.807, 2.05) is 11.3 Å². The number of rotatable bonds is 3. The van der Waals surface area contributed by atoms with Gasteiger partial charge in [0.1, 0.15) is 0 Å². The normalized spacial score (nSPS) is 37.3.